The molecule has 4 atom stereocenters. The van der Waals surface area contributed by atoms with Crippen LogP contribution in [0.25, 0.3) is 0 Å². The largest absolute Gasteiger partial charge is 0.484 e. The van der Waals surface area contributed by atoms with E-state index in [1.54, 1.807) is 28.4 Å². The second kappa shape index (κ2) is 23.0. The number of rotatable bonds is 10. The minimum atomic E-state index is -1.01. The van der Waals surface area contributed by atoms with E-state index >= 15 is 0 Å². The first kappa shape index (κ1) is 42.6. The van der Waals surface area contributed by atoms with Gasteiger partial charge in [-0.25, -0.2) is 4.99 Å². The number of methoxy groups -OCH3 is 4. The molecule has 0 aromatic heterocycles. The van der Waals surface area contributed by atoms with Gasteiger partial charge in [-0.05, 0) is 42.4 Å². The maximum atomic E-state index is 6.31. The molecule has 8 heteroatoms. The zero-order valence-corrected chi connectivity index (χ0v) is 34.4. The number of hydrogen-bond acceptors (Lipinski definition) is 6. The zero-order chi connectivity index (χ0) is 37.9. The highest BCUT2D eigenvalue weighted by Gasteiger charge is 2.47. The van der Waals surface area contributed by atoms with Crippen LogP contribution in [0.3, 0.4) is 0 Å². The maximum Gasteiger partial charge on any atom is 0.193 e. The van der Waals surface area contributed by atoms with E-state index in [1.165, 1.54) is 26.5 Å². The van der Waals surface area contributed by atoms with Gasteiger partial charge in [-0.2, -0.15) is 0 Å². The lowest BCUT2D eigenvalue weighted by Gasteiger charge is -2.44. The van der Waals surface area contributed by atoms with Gasteiger partial charge in [0.05, 0.1) is 20.1 Å². The Morgan fingerprint density at radius 3 is 1.40 bits per heavy atom. The van der Waals surface area contributed by atoms with Crippen molar-refractivity contribution < 1.29 is 18.9 Å². The molecule has 0 unspecified atom stereocenters. The predicted octanol–water partition coefficient (Wildman–Crippen LogP) is 9.05. The normalized spacial score (nSPS) is 19.3. The molecule has 6 rings (SSSR count). The molecule has 4 aromatic carbocycles. The highest BCUT2D eigenvalue weighted by Crippen LogP contribution is 2.55. The smallest absolute Gasteiger partial charge is 0.193 e. The molecule has 0 aliphatic carbocycles. The molecule has 6 nitrogen and oxygen atoms in total. The van der Waals surface area contributed by atoms with Gasteiger partial charge >= 0.3 is 0 Å². The summed E-state index contributed by atoms with van der Waals surface area (Å²) < 4.78 is 24.4. The fourth-order valence-corrected chi connectivity index (χ4v) is 12.0. The number of dihydropyridines is 1. The van der Waals surface area contributed by atoms with Gasteiger partial charge in [-0.1, -0.05) is 163 Å². The Bertz CT molecular complexity index is 1590. The number of ether oxygens (including phenoxy) is 4. The lowest BCUT2D eigenvalue weighted by atomic mass is 9.88. The van der Waals surface area contributed by atoms with Crippen LogP contribution in [-0.2, 0) is 18.9 Å². The van der Waals surface area contributed by atoms with Crippen LogP contribution in [0.5, 0.6) is 0 Å². The molecule has 0 fully saturated rings. The molecule has 0 saturated heterocycles. The Morgan fingerprint density at radius 1 is 0.577 bits per heavy atom. The third-order valence-corrected chi connectivity index (χ3v) is 13.8. The summed E-state index contributed by atoms with van der Waals surface area (Å²) in [6.45, 7) is 12.0. The van der Waals surface area contributed by atoms with Crippen LogP contribution in [0.2, 0.25) is 0 Å². The van der Waals surface area contributed by atoms with Crippen molar-refractivity contribution in [1.82, 2.24) is 5.32 Å². The summed E-state index contributed by atoms with van der Waals surface area (Å²) >= 11 is 0. The first-order valence-electron chi connectivity index (χ1n) is 18.4. The molecule has 0 spiro atoms. The summed E-state index contributed by atoms with van der Waals surface area (Å²) in [5, 5.41) is 9.78. The fourth-order valence-electron chi connectivity index (χ4n) is 6.41. The molecule has 0 bridgehead atoms. The van der Waals surface area contributed by atoms with Crippen molar-refractivity contribution in [1.29, 1.82) is 0 Å². The van der Waals surface area contributed by atoms with E-state index in [2.05, 4.69) is 133 Å². The summed E-state index contributed by atoms with van der Waals surface area (Å²) in [6.07, 6.45) is 2.09. The van der Waals surface area contributed by atoms with Crippen molar-refractivity contribution in [2.24, 2.45) is 10.9 Å². The standard InChI is InChI=1S/C38H40N2O4P2.3C2H6/c1-41-33-25-31(45(27-17-9-5-10-18-27)28-19-11-6-12-20-28)35(37(39-33)43-3)36-32(26-34(42-2)40-38(36)44-4)46(29-21-13-7-14-22-29)30-23-15-8-16-24-30;3*1-2/h5-25,32,34,36-37,39H,26H2,1-4H3;3*1-2H3/t32-,34+,36+,37+;;;/m1.../s1. The van der Waals surface area contributed by atoms with Gasteiger partial charge in [-0.15, -0.1) is 0 Å². The molecular formula is C44H58N2O4P2. The second-order valence-corrected chi connectivity index (χ2v) is 15.6. The highest BCUT2D eigenvalue weighted by molar-refractivity contribution is 7.77. The van der Waals surface area contributed by atoms with Gasteiger partial charge in [0, 0.05) is 37.9 Å². The van der Waals surface area contributed by atoms with Crippen LogP contribution >= 0.6 is 15.8 Å². The van der Waals surface area contributed by atoms with Crippen molar-refractivity contribution >= 4 is 43.0 Å². The van der Waals surface area contributed by atoms with Crippen molar-refractivity contribution in [3.05, 3.63) is 144 Å². The maximum absolute atomic E-state index is 6.31. The minimum Gasteiger partial charge on any atom is -0.484 e. The molecule has 52 heavy (non-hydrogen) atoms. The van der Waals surface area contributed by atoms with E-state index < -0.39 is 22.1 Å². The Labute approximate surface area is 315 Å². The average molecular weight is 741 g/mol. The molecular weight excluding hydrogens is 682 g/mol. The van der Waals surface area contributed by atoms with E-state index in [4.69, 9.17) is 23.9 Å². The molecule has 0 saturated carbocycles. The summed E-state index contributed by atoms with van der Waals surface area (Å²) in [4.78, 5) is 5.06. The third kappa shape index (κ3) is 10.2. The fraction of sp³-hybridized carbons (Fsp3) is 0.341. The van der Waals surface area contributed by atoms with Gasteiger partial charge in [0.25, 0.3) is 0 Å². The number of nitrogens with one attached hydrogen (secondary N) is 1. The molecule has 2 heterocycles. The van der Waals surface area contributed by atoms with E-state index in [0.29, 0.717) is 11.8 Å². The number of nitrogens with zero attached hydrogens (tertiary/aromatic N) is 1. The molecule has 0 radical (unpaired) electrons. The summed E-state index contributed by atoms with van der Waals surface area (Å²) in [5.74, 6) is 1.11. The van der Waals surface area contributed by atoms with E-state index in [9.17, 15) is 0 Å². The number of hydrogen-bond donors (Lipinski definition) is 1. The number of allylic oxidation sites excluding steroid dienone is 2. The SMILES string of the molecule is CC.CC.CC.COC1=CC(P(c2ccccc2)c2ccccc2)=C([C@H]2C(OC)=N[C@@H](OC)C[C@H]2P(c2ccccc2)c2ccccc2)[C@H](OC)N1. The first-order chi connectivity index (χ1) is 25.7. The topological polar surface area (TPSA) is 61.3 Å². The van der Waals surface area contributed by atoms with Crippen molar-refractivity contribution in [3.63, 3.8) is 0 Å². The lowest BCUT2D eigenvalue weighted by Crippen LogP contribution is -2.48. The van der Waals surface area contributed by atoms with Crippen LogP contribution in [-0.4, -0.2) is 52.5 Å². The van der Waals surface area contributed by atoms with E-state index in [0.717, 1.165) is 12.0 Å². The minimum absolute atomic E-state index is 0.0857. The summed E-state index contributed by atoms with van der Waals surface area (Å²) in [5.41, 5.74) is 1.20. The van der Waals surface area contributed by atoms with Gasteiger partial charge in [-0.3, -0.25) is 0 Å². The van der Waals surface area contributed by atoms with Crippen LogP contribution in [0, 0.1) is 5.92 Å². The first-order valence-corrected chi connectivity index (χ1v) is 21.1. The van der Waals surface area contributed by atoms with Gasteiger partial charge < -0.3 is 24.3 Å². The van der Waals surface area contributed by atoms with E-state index in [-0.39, 0.29) is 17.8 Å². The number of aliphatic imine (C=N–C) groups is 1. The third-order valence-electron chi connectivity index (χ3n) is 8.43. The number of benzene rings is 4. The molecule has 2 aliphatic heterocycles. The zero-order valence-electron chi connectivity index (χ0n) is 32.6. The van der Waals surface area contributed by atoms with Crippen LogP contribution < -0.4 is 26.5 Å². The summed E-state index contributed by atoms with van der Waals surface area (Å²) in [7, 11) is 4.99. The quantitative estimate of drug-likeness (QED) is 0.165. The van der Waals surface area contributed by atoms with Gasteiger partial charge in [0.2, 0.25) is 0 Å². The van der Waals surface area contributed by atoms with E-state index in [1.807, 2.05) is 41.5 Å². The second-order valence-electron chi connectivity index (χ2n) is 11.0. The molecule has 4 aromatic rings. The lowest BCUT2D eigenvalue weighted by molar-refractivity contribution is 0.0707. The van der Waals surface area contributed by atoms with Crippen LogP contribution in [0.15, 0.2) is 149 Å². The Kier molecular flexibility index (Phi) is 18.8. The molecule has 2 aliphatic rings. The highest BCUT2D eigenvalue weighted by atomic mass is 31.1. The monoisotopic (exact) mass is 740 g/mol. The van der Waals surface area contributed by atoms with Crippen molar-refractivity contribution in [2.45, 2.75) is 66.1 Å². The average Bonchev–Trinajstić information content (AvgIpc) is 3.24. The Hall–Kier alpha value is -3.79. The molecule has 0 amide bonds. The van der Waals surface area contributed by atoms with Crippen LogP contribution in [0.1, 0.15) is 48.0 Å². The van der Waals surface area contributed by atoms with Crippen molar-refractivity contribution in [3.8, 4) is 0 Å². The Morgan fingerprint density at radius 2 is 1.02 bits per heavy atom. The van der Waals surface area contributed by atoms with Crippen LogP contribution in [0.4, 0.5) is 0 Å². The molecule has 278 valence electrons. The van der Waals surface area contributed by atoms with Gasteiger partial charge in [0.1, 0.15) is 0 Å². The summed E-state index contributed by atoms with van der Waals surface area (Å²) in [6, 6.07) is 43.2. The molecule has 1 N–H and O–H groups in total. The predicted molar refractivity (Wildman–Crippen MR) is 225 cm³/mol. The van der Waals surface area contributed by atoms with Gasteiger partial charge in [0.15, 0.2) is 24.2 Å². The van der Waals surface area contributed by atoms with Crippen molar-refractivity contribution in [2.75, 3.05) is 28.4 Å². The Balaban J connectivity index is 0.00000116.